The third kappa shape index (κ3) is 5.86. The highest BCUT2D eigenvalue weighted by Gasteiger charge is 2.29. The van der Waals surface area contributed by atoms with Crippen LogP contribution in [0.15, 0.2) is 30.3 Å². The van der Waals surface area contributed by atoms with E-state index in [1.165, 1.54) is 6.08 Å². The zero-order chi connectivity index (χ0) is 16.9. The Labute approximate surface area is 135 Å². The lowest BCUT2D eigenvalue weighted by atomic mass is 10.1. The highest BCUT2D eigenvalue weighted by Crippen LogP contribution is 2.21. The van der Waals surface area contributed by atoms with E-state index in [2.05, 4.69) is 10.9 Å². The first kappa shape index (κ1) is 17.2. The maximum absolute atomic E-state index is 11.7. The minimum Gasteiger partial charge on any atom is -0.273 e. The average Bonchev–Trinajstić information content (AvgIpc) is 2.83. The van der Waals surface area contributed by atoms with Crippen LogP contribution in [-0.4, -0.2) is 31.7 Å². The highest BCUT2D eigenvalue weighted by atomic mass is 32.2. The molecule has 1 saturated heterocycles. The zero-order valence-corrected chi connectivity index (χ0v) is 13.7. The lowest BCUT2D eigenvalue weighted by Crippen LogP contribution is -2.41. The first-order valence-electron chi connectivity index (χ1n) is 7.38. The lowest BCUT2D eigenvalue weighted by Gasteiger charge is -2.08. The summed E-state index contributed by atoms with van der Waals surface area (Å²) in [7, 11) is -2.99. The molecule has 0 radical (unpaired) electrons. The number of sulfone groups is 1. The quantitative estimate of drug-likeness (QED) is 0.633. The Morgan fingerprint density at radius 3 is 2.52 bits per heavy atom. The molecule has 2 amide bonds. The zero-order valence-electron chi connectivity index (χ0n) is 12.9. The lowest BCUT2D eigenvalue weighted by molar-refractivity contribution is -0.127. The van der Waals surface area contributed by atoms with E-state index in [0.29, 0.717) is 6.42 Å². The van der Waals surface area contributed by atoms with E-state index in [-0.39, 0.29) is 29.8 Å². The van der Waals surface area contributed by atoms with E-state index >= 15 is 0 Å². The minimum absolute atomic E-state index is 0.0433. The fraction of sp³-hybridized carbons (Fsp3) is 0.375. The largest absolute Gasteiger partial charge is 0.273 e. The van der Waals surface area contributed by atoms with E-state index in [9.17, 15) is 18.0 Å². The van der Waals surface area contributed by atoms with E-state index < -0.39 is 15.7 Å². The number of benzene rings is 1. The van der Waals surface area contributed by atoms with Gasteiger partial charge in [0.2, 0.25) is 5.91 Å². The summed E-state index contributed by atoms with van der Waals surface area (Å²) in [6, 6.07) is 7.65. The van der Waals surface area contributed by atoms with E-state index in [0.717, 1.165) is 11.1 Å². The van der Waals surface area contributed by atoms with Crippen molar-refractivity contribution in [1.82, 2.24) is 10.9 Å². The predicted octanol–water partition coefficient (Wildman–Crippen LogP) is 0.980. The van der Waals surface area contributed by atoms with Gasteiger partial charge in [-0.15, -0.1) is 0 Å². The summed E-state index contributed by atoms with van der Waals surface area (Å²) in [6.07, 6.45) is 3.56. The predicted molar refractivity (Wildman–Crippen MR) is 87.9 cm³/mol. The molecule has 7 heteroatoms. The summed E-state index contributed by atoms with van der Waals surface area (Å²) in [5, 5.41) is 0. The molecule has 1 fully saturated rings. The van der Waals surface area contributed by atoms with E-state index in [1.54, 1.807) is 6.08 Å². The molecule has 0 spiro atoms. The number of rotatable bonds is 4. The van der Waals surface area contributed by atoms with Crippen LogP contribution in [0.25, 0.3) is 6.08 Å². The number of carbonyl (C=O) groups excluding carboxylic acids is 2. The van der Waals surface area contributed by atoms with Crippen LogP contribution in [0.3, 0.4) is 0 Å². The number of carbonyl (C=O) groups is 2. The Kier molecular flexibility index (Phi) is 5.54. The van der Waals surface area contributed by atoms with Crippen LogP contribution < -0.4 is 10.9 Å². The van der Waals surface area contributed by atoms with Crippen molar-refractivity contribution in [3.05, 3.63) is 41.5 Å². The van der Waals surface area contributed by atoms with Gasteiger partial charge < -0.3 is 0 Å². The van der Waals surface area contributed by atoms with Crippen molar-refractivity contribution in [3.63, 3.8) is 0 Å². The number of aryl methyl sites for hydroxylation is 1. The molecule has 1 aromatic carbocycles. The third-order valence-corrected chi connectivity index (χ3v) is 5.47. The maximum Gasteiger partial charge on any atom is 0.262 e. The molecule has 124 valence electrons. The van der Waals surface area contributed by atoms with Gasteiger partial charge in [0.05, 0.1) is 11.5 Å². The summed E-state index contributed by atoms with van der Waals surface area (Å²) < 4.78 is 22.6. The van der Waals surface area contributed by atoms with Gasteiger partial charge in [0, 0.05) is 12.5 Å². The molecule has 0 bridgehead atoms. The monoisotopic (exact) mass is 336 g/mol. The molecule has 6 nitrogen and oxygen atoms in total. The van der Waals surface area contributed by atoms with E-state index in [1.807, 2.05) is 31.2 Å². The standard InChI is InChI=1S/C16H20N2O4S/c1-12-2-4-13(5-3-12)6-7-15(19)17-18-16(20)10-14-8-9-23(21,22)11-14/h2-7,14H,8-11H2,1H3,(H,17,19)(H,18,20)/b7-6+/t14-/m1/s1. The average molecular weight is 336 g/mol. The number of hydrogen-bond acceptors (Lipinski definition) is 4. The first-order valence-corrected chi connectivity index (χ1v) is 9.20. The van der Waals surface area contributed by atoms with Gasteiger partial charge in [0.15, 0.2) is 9.84 Å². The minimum atomic E-state index is -2.99. The van der Waals surface area contributed by atoms with Gasteiger partial charge >= 0.3 is 0 Å². The second kappa shape index (κ2) is 7.41. The maximum atomic E-state index is 11.7. The molecule has 0 unspecified atom stereocenters. The topological polar surface area (TPSA) is 92.3 Å². The van der Waals surface area contributed by atoms with Gasteiger partial charge in [0.25, 0.3) is 5.91 Å². The van der Waals surface area contributed by atoms with Gasteiger partial charge in [-0.2, -0.15) is 0 Å². The van der Waals surface area contributed by atoms with Crippen molar-refractivity contribution in [1.29, 1.82) is 0 Å². The number of amides is 2. The fourth-order valence-electron chi connectivity index (χ4n) is 2.37. The molecule has 1 aromatic rings. The van der Waals surface area contributed by atoms with Gasteiger partial charge in [-0.1, -0.05) is 29.8 Å². The first-order chi connectivity index (χ1) is 10.8. The van der Waals surface area contributed by atoms with Crippen LogP contribution in [0.5, 0.6) is 0 Å². The molecular formula is C16H20N2O4S. The van der Waals surface area contributed by atoms with Crippen molar-refractivity contribution in [2.75, 3.05) is 11.5 Å². The Balaban J connectivity index is 1.73. The highest BCUT2D eigenvalue weighted by molar-refractivity contribution is 7.91. The Hall–Kier alpha value is -2.15. The molecule has 2 N–H and O–H groups in total. The molecule has 0 aliphatic carbocycles. The number of hydrogen-bond donors (Lipinski definition) is 2. The van der Waals surface area contributed by atoms with Gasteiger partial charge in [-0.3, -0.25) is 20.4 Å². The molecular weight excluding hydrogens is 316 g/mol. The van der Waals surface area contributed by atoms with Crippen LogP contribution in [0.4, 0.5) is 0 Å². The summed E-state index contributed by atoms with van der Waals surface area (Å²) in [6.45, 7) is 1.98. The SMILES string of the molecule is Cc1ccc(/C=C/C(=O)NNC(=O)C[C@H]2CCS(=O)(=O)C2)cc1. The Morgan fingerprint density at radius 1 is 1.22 bits per heavy atom. The van der Waals surface area contributed by atoms with Crippen molar-refractivity contribution >= 4 is 27.7 Å². The smallest absolute Gasteiger partial charge is 0.262 e. The van der Waals surface area contributed by atoms with Gasteiger partial charge in [-0.25, -0.2) is 8.42 Å². The van der Waals surface area contributed by atoms with Crippen LogP contribution in [0.1, 0.15) is 24.0 Å². The summed E-state index contributed by atoms with van der Waals surface area (Å²) >= 11 is 0. The number of nitrogens with one attached hydrogen (secondary N) is 2. The fourth-order valence-corrected chi connectivity index (χ4v) is 4.23. The van der Waals surface area contributed by atoms with E-state index in [4.69, 9.17) is 0 Å². The molecule has 2 rings (SSSR count). The number of hydrazine groups is 1. The normalized spacial score (nSPS) is 19.6. The molecule has 0 saturated carbocycles. The van der Waals surface area contributed by atoms with Gasteiger partial charge in [-0.05, 0) is 30.9 Å². The second-order valence-corrected chi connectivity index (χ2v) is 7.98. The van der Waals surface area contributed by atoms with Crippen molar-refractivity contribution in [2.24, 2.45) is 5.92 Å². The van der Waals surface area contributed by atoms with Crippen LogP contribution in [0.2, 0.25) is 0 Å². The van der Waals surface area contributed by atoms with Crippen molar-refractivity contribution < 1.29 is 18.0 Å². The van der Waals surface area contributed by atoms with Crippen LogP contribution in [-0.2, 0) is 19.4 Å². The van der Waals surface area contributed by atoms with Gasteiger partial charge in [0.1, 0.15) is 0 Å². The Morgan fingerprint density at radius 2 is 1.91 bits per heavy atom. The van der Waals surface area contributed by atoms with Crippen LogP contribution >= 0.6 is 0 Å². The molecule has 1 aliphatic rings. The second-order valence-electron chi connectivity index (χ2n) is 5.75. The van der Waals surface area contributed by atoms with Crippen molar-refractivity contribution in [3.8, 4) is 0 Å². The summed E-state index contributed by atoms with van der Waals surface area (Å²) in [5.41, 5.74) is 6.60. The van der Waals surface area contributed by atoms with Crippen LogP contribution in [0, 0.1) is 12.8 Å². The Bertz CT molecular complexity index is 708. The molecule has 1 atom stereocenters. The summed E-state index contributed by atoms with van der Waals surface area (Å²) in [4.78, 5) is 23.3. The molecule has 23 heavy (non-hydrogen) atoms. The van der Waals surface area contributed by atoms with Crippen molar-refractivity contribution in [2.45, 2.75) is 19.8 Å². The molecule has 0 aromatic heterocycles. The molecule has 1 heterocycles. The summed E-state index contributed by atoms with van der Waals surface area (Å²) in [5.74, 6) is -0.819. The third-order valence-electron chi connectivity index (χ3n) is 3.63. The molecule has 1 aliphatic heterocycles.